The van der Waals surface area contributed by atoms with Gasteiger partial charge in [-0.15, -0.1) is 0 Å². The molecule has 0 spiro atoms. The van der Waals surface area contributed by atoms with Gasteiger partial charge in [-0.2, -0.15) is 5.10 Å². The van der Waals surface area contributed by atoms with Crippen LogP contribution >= 0.6 is 22.6 Å². The zero-order chi connectivity index (χ0) is 9.52. The van der Waals surface area contributed by atoms with Crippen molar-refractivity contribution < 1.29 is 0 Å². The molecular formula is C10H17IN2. The van der Waals surface area contributed by atoms with E-state index in [1.807, 2.05) is 6.20 Å². The van der Waals surface area contributed by atoms with Gasteiger partial charge in [0.25, 0.3) is 0 Å². The predicted octanol–water partition coefficient (Wildman–Crippen LogP) is 3.53. The van der Waals surface area contributed by atoms with Gasteiger partial charge < -0.3 is 0 Å². The molecule has 0 saturated carbocycles. The average molecular weight is 292 g/mol. The molecule has 0 aromatic carbocycles. The number of aromatic amines is 1. The largest absolute Gasteiger partial charge is 0.281 e. The summed E-state index contributed by atoms with van der Waals surface area (Å²) in [6.07, 6.45) is 9.76. The molecule has 1 N–H and O–H groups in total. The third-order valence-electron chi connectivity index (χ3n) is 2.20. The molecule has 0 atom stereocenters. The van der Waals surface area contributed by atoms with Gasteiger partial charge in [0.1, 0.15) is 0 Å². The van der Waals surface area contributed by atoms with Crippen LogP contribution in [0.25, 0.3) is 0 Å². The molecule has 0 unspecified atom stereocenters. The quantitative estimate of drug-likeness (QED) is 0.630. The van der Waals surface area contributed by atoms with Gasteiger partial charge in [0.15, 0.2) is 0 Å². The Morgan fingerprint density at radius 1 is 1.31 bits per heavy atom. The van der Waals surface area contributed by atoms with Gasteiger partial charge in [0, 0.05) is 5.69 Å². The van der Waals surface area contributed by atoms with Crippen molar-refractivity contribution in [1.29, 1.82) is 0 Å². The van der Waals surface area contributed by atoms with Gasteiger partial charge in [-0.05, 0) is 35.4 Å². The minimum atomic E-state index is 1.15. The van der Waals surface area contributed by atoms with Crippen LogP contribution in [0, 0.1) is 3.57 Å². The first-order valence-electron chi connectivity index (χ1n) is 5.02. The molecule has 13 heavy (non-hydrogen) atoms. The van der Waals surface area contributed by atoms with Gasteiger partial charge >= 0.3 is 0 Å². The molecule has 1 aromatic rings. The highest BCUT2D eigenvalue weighted by atomic mass is 127. The molecule has 3 heteroatoms. The lowest BCUT2D eigenvalue weighted by atomic mass is 10.1. The number of halogens is 1. The lowest BCUT2D eigenvalue weighted by molar-refractivity contribution is 0.627. The number of rotatable bonds is 6. The fourth-order valence-electron chi connectivity index (χ4n) is 1.38. The van der Waals surface area contributed by atoms with Crippen LogP contribution in [0.4, 0.5) is 0 Å². The number of nitrogens with one attached hydrogen (secondary N) is 1. The summed E-state index contributed by atoms with van der Waals surface area (Å²) < 4.78 is 1.27. The normalized spacial score (nSPS) is 10.6. The van der Waals surface area contributed by atoms with Crippen LogP contribution in [0.5, 0.6) is 0 Å². The molecule has 1 aromatic heterocycles. The van der Waals surface area contributed by atoms with Crippen molar-refractivity contribution in [1.82, 2.24) is 10.2 Å². The summed E-state index contributed by atoms with van der Waals surface area (Å²) in [6.45, 7) is 2.25. The average Bonchev–Trinajstić information content (AvgIpc) is 2.52. The van der Waals surface area contributed by atoms with Crippen LogP contribution in [0.3, 0.4) is 0 Å². The van der Waals surface area contributed by atoms with Crippen molar-refractivity contribution in [2.24, 2.45) is 0 Å². The van der Waals surface area contributed by atoms with Crippen molar-refractivity contribution >= 4 is 22.6 Å². The number of aromatic nitrogens is 2. The molecule has 74 valence electrons. The standard InChI is InChI=1S/C10H17IN2/c1-2-3-4-5-6-7-10-9(11)8-12-13-10/h8H,2-7H2,1H3,(H,12,13). The first-order chi connectivity index (χ1) is 6.34. The monoisotopic (exact) mass is 292 g/mol. The number of aryl methyl sites for hydroxylation is 1. The van der Waals surface area contributed by atoms with Crippen molar-refractivity contribution in [3.63, 3.8) is 0 Å². The highest BCUT2D eigenvalue weighted by Gasteiger charge is 2.00. The zero-order valence-electron chi connectivity index (χ0n) is 8.15. The minimum Gasteiger partial charge on any atom is -0.281 e. The Bertz CT molecular complexity index is 233. The molecule has 0 aliphatic rings. The van der Waals surface area contributed by atoms with Crippen molar-refractivity contribution in [3.8, 4) is 0 Å². The maximum Gasteiger partial charge on any atom is 0.0623 e. The molecule has 0 aliphatic heterocycles. The molecule has 0 saturated heterocycles. The highest BCUT2D eigenvalue weighted by Crippen LogP contribution is 2.12. The summed E-state index contributed by atoms with van der Waals surface area (Å²) in [5.41, 5.74) is 1.30. The summed E-state index contributed by atoms with van der Waals surface area (Å²) >= 11 is 2.33. The van der Waals surface area contributed by atoms with E-state index in [2.05, 4.69) is 39.7 Å². The van der Waals surface area contributed by atoms with Gasteiger partial charge in [-0.25, -0.2) is 0 Å². The third kappa shape index (κ3) is 4.11. The summed E-state index contributed by atoms with van der Waals surface area (Å²) in [5, 5.41) is 7.04. The van der Waals surface area contributed by atoms with Gasteiger partial charge in [0.05, 0.1) is 9.77 Å². The summed E-state index contributed by atoms with van der Waals surface area (Å²) in [4.78, 5) is 0. The molecule has 2 nitrogen and oxygen atoms in total. The first-order valence-corrected chi connectivity index (χ1v) is 6.10. The smallest absolute Gasteiger partial charge is 0.0623 e. The van der Waals surface area contributed by atoms with Crippen LogP contribution in [0.2, 0.25) is 0 Å². The first kappa shape index (κ1) is 11.0. The van der Waals surface area contributed by atoms with Crippen molar-refractivity contribution in [2.75, 3.05) is 0 Å². The Kier molecular flexibility index (Phi) is 5.43. The maximum absolute atomic E-state index is 4.00. The summed E-state index contributed by atoms with van der Waals surface area (Å²) in [7, 11) is 0. The molecule has 0 fully saturated rings. The number of hydrogen-bond acceptors (Lipinski definition) is 1. The maximum atomic E-state index is 4.00. The van der Waals surface area contributed by atoms with Crippen LogP contribution in [-0.2, 0) is 6.42 Å². The van der Waals surface area contributed by atoms with E-state index in [0.717, 1.165) is 6.42 Å². The predicted molar refractivity (Wildman–Crippen MR) is 63.8 cm³/mol. The molecule has 0 bridgehead atoms. The third-order valence-corrected chi connectivity index (χ3v) is 3.13. The van der Waals surface area contributed by atoms with E-state index >= 15 is 0 Å². The zero-order valence-corrected chi connectivity index (χ0v) is 10.3. The molecule has 1 rings (SSSR count). The molecule has 0 aliphatic carbocycles. The molecule has 1 heterocycles. The van der Waals surface area contributed by atoms with Crippen LogP contribution < -0.4 is 0 Å². The van der Waals surface area contributed by atoms with Gasteiger partial charge in [0.2, 0.25) is 0 Å². The Morgan fingerprint density at radius 3 is 2.69 bits per heavy atom. The summed E-state index contributed by atoms with van der Waals surface area (Å²) in [6, 6.07) is 0. The number of unbranched alkanes of at least 4 members (excludes halogenated alkanes) is 4. The second-order valence-electron chi connectivity index (χ2n) is 3.36. The molecule has 0 amide bonds. The Morgan fingerprint density at radius 2 is 2.08 bits per heavy atom. The minimum absolute atomic E-state index is 1.15. The Labute approximate surface area is 93.6 Å². The SMILES string of the molecule is CCCCCCCc1[nH]ncc1I. The second kappa shape index (κ2) is 6.40. The number of H-pyrrole nitrogens is 1. The Hall–Kier alpha value is -0.0600. The lowest BCUT2D eigenvalue weighted by Gasteiger charge is -1.98. The second-order valence-corrected chi connectivity index (χ2v) is 4.52. The fourth-order valence-corrected chi connectivity index (χ4v) is 1.91. The van der Waals surface area contributed by atoms with Crippen LogP contribution in [-0.4, -0.2) is 10.2 Å². The fraction of sp³-hybridized carbons (Fsp3) is 0.700. The molecular weight excluding hydrogens is 275 g/mol. The van der Waals surface area contributed by atoms with E-state index in [1.165, 1.54) is 41.4 Å². The van der Waals surface area contributed by atoms with Gasteiger partial charge in [-0.1, -0.05) is 32.6 Å². The van der Waals surface area contributed by atoms with E-state index in [0.29, 0.717) is 0 Å². The number of hydrogen-bond donors (Lipinski definition) is 1. The van der Waals surface area contributed by atoms with E-state index in [9.17, 15) is 0 Å². The summed E-state index contributed by atoms with van der Waals surface area (Å²) in [5.74, 6) is 0. The van der Waals surface area contributed by atoms with Gasteiger partial charge in [-0.3, -0.25) is 5.10 Å². The van der Waals surface area contributed by atoms with E-state index in [1.54, 1.807) is 0 Å². The van der Waals surface area contributed by atoms with Crippen molar-refractivity contribution in [2.45, 2.75) is 45.4 Å². The van der Waals surface area contributed by atoms with E-state index in [4.69, 9.17) is 0 Å². The highest BCUT2D eigenvalue weighted by molar-refractivity contribution is 14.1. The number of nitrogens with zero attached hydrogens (tertiary/aromatic N) is 1. The van der Waals surface area contributed by atoms with Crippen LogP contribution in [0.1, 0.15) is 44.7 Å². The van der Waals surface area contributed by atoms with Crippen molar-refractivity contribution in [3.05, 3.63) is 15.5 Å². The van der Waals surface area contributed by atoms with E-state index in [-0.39, 0.29) is 0 Å². The Balaban J connectivity index is 2.10. The van der Waals surface area contributed by atoms with E-state index < -0.39 is 0 Å². The van der Waals surface area contributed by atoms with Crippen LogP contribution in [0.15, 0.2) is 6.20 Å². The lowest BCUT2D eigenvalue weighted by Crippen LogP contribution is -1.88. The molecule has 0 radical (unpaired) electrons. The topological polar surface area (TPSA) is 28.7 Å².